The molecular formula is C17H18FNO2. The van der Waals surface area contributed by atoms with Crippen molar-refractivity contribution in [2.75, 3.05) is 0 Å². The molecule has 21 heavy (non-hydrogen) atoms. The molecule has 110 valence electrons. The molecule has 2 N–H and O–H groups in total. The summed E-state index contributed by atoms with van der Waals surface area (Å²) < 4.78 is 13.6. The van der Waals surface area contributed by atoms with Crippen LogP contribution in [-0.2, 0) is 6.54 Å². The lowest BCUT2D eigenvalue weighted by atomic mass is 10.1. The first kappa shape index (κ1) is 15.2. The van der Waals surface area contributed by atoms with Gasteiger partial charge in [-0.15, -0.1) is 0 Å². The molecule has 0 aromatic heterocycles. The molecule has 0 saturated carbocycles. The number of hydrogen-bond donors (Lipinski definition) is 2. The second kappa shape index (κ2) is 6.50. The van der Waals surface area contributed by atoms with E-state index in [9.17, 15) is 9.18 Å². The van der Waals surface area contributed by atoms with Crippen LogP contribution < -0.4 is 5.32 Å². The summed E-state index contributed by atoms with van der Waals surface area (Å²) >= 11 is 0. The highest BCUT2D eigenvalue weighted by Gasteiger charge is 2.11. The highest BCUT2D eigenvalue weighted by molar-refractivity contribution is 5.87. The predicted octanol–water partition coefficient (Wildman–Crippen LogP) is 3.68. The number of aromatic carboxylic acids is 1. The van der Waals surface area contributed by atoms with Crippen LogP contribution in [-0.4, -0.2) is 11.1 Å². The molecule has 1 atom stereocenters. The summed E-state index contributed by atoms with van der Waals surface area (Å²) in [6.07, 6.45) is 0. The minimum absolute atomic E-state index is 0.132. The maximum absolute atomic E-state index is 13.6. The normalized spacial score (nSPS) is 12.1. The van der Waals surface area contributed by atoms with E-state index < -0.39 is 11.8 Å². The second-order valence-corrected chi connectivity index (χ2v) is 5.14. The van der Waals surface area contributed by atoms with Gasteiger partial charge >= 0.3 is 5.97 Å². The maximum atomic E-state index is 13.6. The van der Waals surface area contributed by atoms with E-state index in [-0.39, 0.29) is 11.6 Å². The highest BCUT2D eigenvalue weighted by atomic mass is 19.1. The first-order chi connectivity index (χ1) is 9.97. The molecular weight excluding hydrogens is 269 g/mol. The number of carbonyl (C=O) groups is 1. The number of nitrogens with one attached hydrogen (secondary N) is 1. The molecule has 0 fully saturated rings. The van der Waals surface area contributed by atoms with Gasteiger partial charge in [-0.05, 0) is 37.1 Å². The molecule has 0 unspecified atom stereocenters. The molecule has 0 amide bonds. The number of aryl methyl sites for hydroxylation is 1. The average Bonchev–Trinajstić information content (AvgIpc) is 2.44. The van der Waals surface area contributed by atoms with Crippen molar-refractivity contribution in [3.63, 3.8) is 0 Å². The third kappa shape index (κ3) is 3.89. The monoisotopic (exact) mass is 287 g/mol. The third-order valence-corrected chi connectivity index (χ3v) is 3.42. The maximum Gasteiger partial charge on any atom is 0.338 e. The van der Waals surface area contributed by atoms with Crippen molar-refractivity contribution in [2.24, 2.45) is 0 Å². The molecule has 2 aromatic carbocycles. The van der Waals surface area contributed by atoms with Gasteiger partial charge in [-0.2, -0.15) is 0 Å². The Kier molecular flexibility index (Phi) is 4.70. The second-order valence-electron chi connectivity index (χ2n) is 5.14. The Hall–Kier alpha value is -2.20. The van der Waals surface area contributed by atoms with E-state index in [4.69, 9.17) is 5.11 Å². The van der Waals surface area contributed by atoms with Crippen molar-refractivity contribution >= 4 is 5.97 Å². The molecule has 2 rings (SSSR count). The van der Waals surface area contributed by atoms with Gasteiger partial charge in [-0.25, -0.2) is 9.18 Å². The molecule has 4 heteroatoms. The van der Waals surface area contributed by atoms with E-state index in [1.807, 2.05) is 32.0 Å². The molecule has 3 nitrogen and oxygen atoms in total. The summed E-state index contributed by atoms with van der Waals surface area (Å²) in [5.74, 6) is -1.95. The van der Waals surface area contributed by atoms with Crippen LogP contribution in [0, 0.1) is 12.7 Å². The lowest BCUT2D eigenvalue weighted by molar-refractivity contribution is 0.0692. The number of halogens is 1. The van der Waals surface area contributed by atoms with Crippen LogP contribution in [0.25, 0.3) is 0 Å². The van der Waals surface area contributed by atoms with Crippen molar-refractivity contribution in [1.82, 2.24) is 5.32 Å². The lowest BCUT2D eigenvalue weighted by Gasteiger charge is -2.15. The highest BCUT2D eigenvalue weighted by Crippen LogP contribution is 2.16. The van der Waals surface area contributed by atoms with Crippen molar-refractivity contribution in [1.29, 1.82) is 0 Å². The Bertz CT molecular complexity index is 655. The minimum atomic E-state index is -1.25. The average molecular weight is 287 g/mol. The summed E-state index contributed by atoms with van der Waals surface area (Å²) in [5.41, 5.74) is 2.78. The number of carboxylic acid groups (broad SMARTS) is 1. The summed E-state index contributed by atoms with van der Waals surface area (Å²) in [6.45, 7) is 4.55. The van der Waals surface area contributed by atoms with Gasteiger partial charge in [0.15, 0.2) is 0 Å². The Balaban J connectivity index is 2.03. The van der Waals surface area contributed by atoms with Crippen LogP contribution in [0.3, 0.4) is 0 Å². The van der Waals surface area contributed by atoms with E-state index >= 15 is 0 Å². The van der Waals surface area contributed by atoms with Crippen LogP contribution >= 0.6 is 0 Å². The summed E-state index contributed by atoms with van der Waals surface area (Å²) in [6, 6.07) is 12.5. The minimum Gasteiger partial charge on any atom is -0.478 e. The Morgan fingerprint density at radius 3 is 2.67 bits per heavy atom. The van der Waals surface area contributed by atoms with Crippen molar-refractivity contribution in [2.45, 2.75) is 26.4 Å². The Labute approximate surface area is 123 Å². The van der Waals surface area contributed by atoms with E-state index in [2.05, 4.69) is 11.4 Å². The summed E-state index contributed by atoms with van der Waals surface area (Å²) in [7, 11) is 0. The fraction of sp³-hybridized carbons (Fsp3) is 0.235. The third-order valence-electron chi connectivity index (χ3n) is 3.42. The zero-order chi connectivity index (χ0) is 15.4. The molecule has 0 saturated heterocycles. The lowest BCUT2D eigenvalue weighted by Crippen LogP contribution is -2.18. The molecule has 2 aromatic rings. The quantitative estimate of drug-likeness (QED) is 0.882. The van der Waals surface area contributed by atoms with Gasteiger partial charge in [0.25, 0.3) is 0 Å². The standard InChI is InChI=1S/C17H18FNO2/c1-11-4-3-5-14(8-11)12(2)19-10-13-6-7-15(17(20)21)16(18)9-13/h3-9,12,19H,10H2,1-2H3,(H,20,21)/t12-/m1/s1. The Morgan fingerprint density at radius 2 is 2.05 bits per heavy atom. The number of hydrogen-bond acceptors (Lipinski definition) is 2. The van der Waals surface area contributed by atoms with Crippen LogP contribution in [0.4, 0.5) is 4.39 Å². The summed E-state index contributed by atoms with van der Waals surface area (Å²) in [4.78, 5) is 10.8. The topological polar surface area (TPSA) is 49.3 Å². The predicted molar refractivity (Wildman–Crippen MR) is 79.8 cm³/mol. The molecule has 0 bridgehead atoms. The van der Waals surface area contributed by atoms with Crippen LogP contribution in [0.5, 0.6) is 0 Å². The van der Waals surface area contributed by atoms with Gasteiger partial charge < -0.3 is 10.4 Å². The van der Waals surface area contributed by atoms with Gasteiger partial charge in [-0.1, -0.05) is 35.9 Å². The van der Waals surface area contributed by atoms with Crippen LogP contribution in [0.1, 0.15) is 40.0 Å². The Morgan fingerprint density at radius 1 is 1.29 bits per heavy atom. The van der Waals surface area contributed by atoms with E-state index in [0.717, 1.165) is 11.1 Å². The van der Waals surface area contributed by atoms with Crippen molar-refractivity contribution < 1.29 is 14.3 Å². The number of benzene rings is 2. The van der Waals surface area contributed by atoms with E-state index in [1.165, 1.54) is 17.7 Å². The summed E-state index contributed by atoms with van der Waals surface area (Å²) in [5, 5.41) is 12.1. The zero-order valence-electron chi connectivity index (χ0n) is 12.1. The number of carboxylic acids is 1. The molecule has 0 aliphatic carbocycles. The number of rotatable bonds is 5. The van der Waals surface area contributed by atoms with Gasteiger partial charge in [0.05, 0.1) is 5.56 Å². The molecule has 0 heterocycles. The largest absolute Gasteiger partial charge is 0.478 e. The zero-order valence-corrected chi connectivity index (χ0v) is 12.1. The van der Waals surface area contributed by atoms with Crippen molar-refractivity contribution in [3.05, 3.63) is 70.5 Å². The van der Waals surface area contributed by atoms with Crippen LogP contribution in [0.2, 0.25) is 0 Å². The van der Waals surface area contributed by atoms with Gasteiger partial charge in [0.2, 0.25) is 0 Å². The molecule has 0 spiro atoms. The van der Waals surface area contributed by atoms with Gasteiger partial charge in [0, 0.05) is 12.6 Å². The van der Waals surface area contributed by atoms with Gasteiger partial charge in [-0.3, -0.25) is 0 Å². The van der Waals surface area contributed by atoms with Crippen LogP contribution in [0.15, 0.2) is 42.5 Å². The van der Waals surface area contributed by atoms with E-state index in [1.54, 1.807) is 6.07 Å². The van der Waals surface area contributed by atoms with E-state index in [0.29, 0.717) is 6.54 Å². The smallest absolute Gasteiger partial charge is 0.338 e. The molecule has 0 aliphatic rings. The van der Waals surface area contributed by atoms with Crippen molar-refractivity contribution in [3.8, 4) is 0 Å². The first-order valence-corrected chi connectivity index (χ1v) is 6.79. The fourth-order valence-corrected chi connectivity index (χ4v) is 2.17. The fourth-order valence-electron chi connectivity index (χ4n) is 2.17. The SMILES string of the molecule is Cc1cccc([C@@H](C)NCc2ccc(C(=O)O)c(F)c2)c1. The van der Waals surface area contributed by atoms with Gasteiger partial charge in [0.1, 0.15) is 5.82 Å². The first-order valence-electron chi connectivity index (χ1n) is 6.79. The molecule has 0 aliphatic heterocycles. The molecule has 0 radical (unpaired) electrons.